The molecule has 1 aromatic rings. The molecule has 0 aliphatic rings. The standard InChI is InChI=1S/C9H11Cl2NO/c1-13-6-12-5-7-2-3-8(10)9(11)4-7/h2-4,12H,5-6H2,1H3. The van der Waals surface area contributed by atoms with Gasteiger partial charge in [0.15, 0.2) is 0 Å². The second-order valence-electron chi connectivity index (χ2n) is 2.61. The molecule has 0 bridgehead atoms. The van der Waals surface area contributed by atoms with Crippen LogP contribution in [0.2, 0.25) is 10.0 Å². The zero-order valence-electron chi connectivity index (χ0n) is 7.31. The van der Waals surface area contributed by atoms with Crippen molar-refractivity contribution in [3.8, 4) is 0 Å². The quantitative estimate of drug-likeness (QED) is 0.622. The Morgan fingerprint density at radius 3 is 2.69 bits per heavy atom. The maximum atomic E-state index is 5.84. The second-order valence-corrected chi connectivity index (χ2v) is 3.42. The maximum Gasteiger partial charge on any atom is 0.0964 e. The molecule has 0 unspecified atom stereocenters. The Kier molecular flexibility index (Phi) is 4.53. The molecule has 1 rings (SSSR count). The van der Waals surface area contributed by atoms with Crippen molar-refractivity contribution in [2.24, 2.45) is 0 Å². The molecule has 0 aromatic heterocycles. The summed E-state index contributed by atoms with van der Waals surface area (Å²) in [5, 5.41) is 4.24. The molecule has 0 heterocycles. The van der Waals surface area contributed by atoms with Crippen LogP contribution >= 0.6 is 23.2 Å². The molecular weight excluding hydrogens is 209 g/mol. The van der Waals surface area contributed by atoms with Gasteiger partial charge >= 0.3 is 0 Å². The van der Waals surface area contributed by atoms with E-state index in [9.17, 15) is 0 Å². The molecule has 0 saturated heterocycles. The summed E-state index contributed by atoms with van der Waals surface area (Å²) >= 11 is 11.6. The molecule has 0 fully saturated rings. The fourth-order valence-corrected chi connectivity index (χ4v) is 1.27. The summed E-state index contributed by atoms with van der Waals surface area (Å²) in [5.41, 5.74) is 1.09. The number of halogens is 2. The molecule has 0 amide bonds. The van der Waals surface area contributed by atoms with E-state index in [1.54, 1.807) is 13.2 Å². The Hall–Kier alpha value is -0.280. The van der Waals surface area contributed by atoms with E-state index in [1.807, 2.05) is 12.1 Å². The highest BCUT2D eigenvalue weighted by Gasteiger charge is 1.98. The predicted molar refractivity (Wildman–Crippen MR) is 55.2 cm³/mol. The fraction of sp³-hybridized carbons (Fsp3) is 0.333. The monoisotopic (exact) mass is 219 g/mol. The normalized spacial score (nSPS) is 10.4. The summed E-state index contributed by atoms with van der Waals surface area (Å²) < 4.78 is 4.85. The third-order valence-corrected chi connectivity index (χ3v) is 2.30. The van der Waals surface area contributed by atoms with Crippen molar-refractivity contribution in [3.05, 3.63) is 33.8 Å². The first-order valence-electron chi connectivity index (χ1n) is 3.87. The predicted octanol–water partition coefficient (Wildman–Crippen LogP) is 2.69. The van der Waals surface area contributed by atoms with E-state index < -0.39 is 0 Å². The van der Waals surface area contributed by atoms with Gasteiger partial charge in [-0.05, 0) is 17.7 Å². The number of rotatable bonds is 4. The van der Waals surface area contributed by atoms with Crippen molar-refractivity contribution in [2.45, 2.75) is 6.54 Å². The third-order valence-electron chi connectivity index (χ3n) is 1.56. The average molecular weight is 220 g/mol. The lowest BCUT2D eigenvalue weighted by atomic mass is 10.2. The largest absolute Gasteiger partial charge is 0.370 e. The van der Waals surface area contributed by atoms with Gasteiger partial charge in [-0.15, -0.1) is 0 Å². The summed E-state index contributed by atoms with van der Waals surface area (Å²) in [5.74, 6) is 0. The van der Waals surface area contributed by atoms with E-state index in [2.05, 4.69) is 5.32 Å². The van der Waals surface area contributed by atoms with Crippen LogP contribution < -0.4 is 5.32 Å². The van der Waals surface area contributed by atoms with Crippen LogP contribution in [-0.4, -0.2) is 13.8 Å². The van der Waals surface area contributed by atoms with Gasteiger partial charge < -0.3 is 4.74 Å². The first-order valence-corrected chi connectivity index (χ1v) is 4.63. The SMILES string of the molecule is COCNCc1ccc(Cl)c(Cl)c1. The van der Waals surface area contributed by atoms with Gasteiger partial charge in [0.1, 0.15) is 0 Å². The number of methoxy groups -OCH3 is 1. The Balaban J connectivity index is 2.53. The molecular formula is C9H11Cl2NO. The van der Waals surface area contributed by atoms with Gasteiger partial charge in [0.2, 0.25) is 0 Å². The summed E-state index contributed by atoms with van der Waals surface area (Å²) in [7, 11) is 1.64. The molecule has 0 atom stereocenters. The van der Waals surface area contributed by atoms with Crippen LogP contribution in [0.3, 0.4) is 0 Å². The fourth-order valence-electron chi connectivity index (χ4n) is 0.947. The summed E-state index contributed by atoms with van der Waals surface area (Å²) in [6, 6.07) is 5.55. The van der Waals surface area contributed by atoms with Crippen LogP contribution in [0, 0.1) is 0 Å². The molecule has 1 aromatic carbocycles. The first-order chi connectivity index (χ1) is 6.24. The van der Waals surface area contributed by atoms with Crippen LogP contribution in [0.25, 0.3) is 0 Å². The molecule has 0 spiro atoms. The lowest BCUT2D eigenvalue weighted by Gasteiger charge is -2.04. The number of ether oxygens (including phenoxy) is 1. The number of nitrogens with one attached hydrogen (secondary N) is 1. The zero-order chi connectivity index (χ0) is 9.68. The summed E-state index contributed by atoms with van der Waals surface area (Å²) in [6.45, 7) is 1.25. The molecule has 4 heteroatoms. The minimum absolute atomic E-state index is 0.528. The van der Waals surface area contributed by atoms with Gasteiger partial charge in [-0.25, -0.2) is 0 Å². The minimum atomic E-state index is 0.528. The van der Waals surface area contributed by atoms with E-state index >= 15 is 0 Å². The van der Waals surface area contributed by atoms with Crippen molar-refractivity contribution in [2.75, 3.05) is 13.8 Å². The van der Waals surface area contributed by atoms with Crippen LogP contribution in [0.4, 0.5) is 0 Å². The lowest BCUT2D eigenvalue weighted by Crippen LogP contribution is -2.15. The van der Waals surface area contributed by atoms with Gasteiger partial charge in [-0.3, -0.25) is 5.32 Å². The highest BCUT2D eigenvalue weighted by Crippen LogP contribution is 2.22. The molecule has 0 aliphatic heterocycles. The molecule has 1 N–H and O–H groups in total. The van der Waals surface area contributed by atoms with Gasteiger partial charge in [0.25, 0.3) is 0 Å². The smallest absolute Gasteiger partial charge is 0.0964 e. The number of hydrogen-bond donors (Lipinski definition) is 1. The highest BCUT2D eigenvalue weighted by atomic mass is 35.5. The number of benzene rings is 1. The van der Waals surface area contributed by atoms with E-state index in [0.29, 0.717) is 16.8 Å². The van der Waals surface area contributed by atoms with Crippen LogP contribution in [0.15, 0.2) is 18.2 Å². The molecule has 0 saturated carbocycles. The van der Waals surface area contributed by atoms with Crippen molar-refractivity contribution < 1.29 is 4.74 Å². The van der Waals surface area contributed by atoms with E-state index in [-0.39, 0.29) is 0 Å². The summed E-state index contributed by atoms with van der Waals surface area (Å²) in [6.07, 6.45) is 0. The molecule has 13 heavy (non-hydrogen) atoms. The minimum Gasteiger partial charge on any atom is -0.370 e. The van der Waals surface area contributed by atoms with E-state index in [0.717, 1.165) is 12.1 Å². The van der Waals surface area contributed by atoms with E-state index in [1.165, 1.54) is 0 Å². The van der Waals surface area contributed by atoms with Gasteiger partial charge in [0, 0.05) is 13.7 Å². The maximum absolute atomic E-state index is 5.84. The van der Waals surface area contributed by atoms with Crippen molar-refractivity contribution in [3.63, 3.8) is 0 Å². The van der Waals surface area contributed by atoms with Crippen LogP contribution in [0.1, 0.15) is 5.56 Å². The topological polar surface area (TPSA) is 21.3 Å². The first kappa shape index (κ1) is 10.8. The van der Waals surface area contributed by atoms with Gasteiger partial charge in [-0.1, -0.05) is 29.3 Å². The Bertz CT molecular complexity index is 278. The van der Waals surface area contributed by atoms with Crippen molar-refractivity contribution in [1.29, 1.82) is 0 Å². The number of hydrogen-bond acceptors (Lipinski definition) is 2. The molecule has 0 radical (unpaired) electrons. The Labute approximate surface area is 87.8 Å². The van der Waals surface area contributed by atoms with E-state index in [4.69, 9.17) is 27.9 Å². The molecule has 2 nitrogen and oxygen atoms in total. The zero-order valence-corrected chi connectivity index (χ0v) is 8.82. The van der Waals surface area contributed by atoms with Crippen molar-refractivity contribution in [1.82, 2.24) is 5.32 Å². The Morgan fingerprint density at radius 1 is 1.31 bits per heavy atom. The molecule has 72 valence electrons. The van der Waals surface area contributed by atoms with Gasteiger partial charge in [0.05, 0.1) is 16.8 Å². The van der Waals surface area contributed by atoms with Crippen LogP contribution in [0.5, 0.6) is 0 Å². The third kappa shape index (κ3) is 3.53. The molecule has 0 aliphatic carbocycles. The lowest BCUT2D eigenvalue weighted by molar-refractivity contribution is 0.174. The van der Waals surface area contributed by atoms with Crippen molar-refractivity contribution >= 4 is 23.2 Å². The van der Waals surface area contributed by atoms with Gasteiger partial charge in [-0.2, -0.15) is 0 Å². The summed E-state index contributed by atoms with van der Waals surface area (Å²) in [4.78, 5) is 0. The Morgan fingerprint density at radius 2 is 2.08 bits per heavy atom. The van der Waals surface area contributed by atoms with Crippen LogP contribution in [-0.2, 0) is 11.3 Å². The average Bonchev–Trinajstić information content (AvgIpc) is 2.12. The second kappa shape index (κ2) is 5.45. The highest BCUT2D eigenvalue weighted by molar-refractivity contribution is 6.41.